The lowest BCUT2D eigenvalue weighted by atomic mass is 9.56. The van der Waals surface area contributed by atoms with Gasteiger partial charge >= 0.3 is 5.97 Å². The first-order valence-electron chi connectivity index (χ1n) is 9.47. The van der Waals surface area contributed by atoms with Crippen molar-refractivity contribution in [3.05, 3.63) is 41.5 Å². The molecular formula is C22H31NO3. The van der Waals surface area contributed by atoms with E-state index in [-0.39, 0.29) is 17.5 Å². The van der Waals surface area contributed by atoms with Crippen molar-refractivity contribution in [2.24, 2.45) is 23.2 Å². The van der Waals surface area contributed by atoms with Gasteiger partial charge in [0.05, 0.1) is 19.3 Å². The Morgan fingerprint density at radius 1 is 1.27 bits per heavy atom. The number of nitrogens with zero attached hydrogens (tertiary/aromatic N) is 1. The second-order valence-corrected chi connectivity index (χ2v) is 8.24. The van der Waals surface area contributed by atoms with E-state index in [1.54, 1.807) is 0 Å². The summed E-state index contributed by atoms with van der Waals surface area (Å²) in [6, 6.07) is 8.65. The third-order valence-corrected chi connectivity index (χ3v) is 6.53. The van der Waals surface area contributed by atoms with E-state index in [1.807, 2.05) is 14.1 Å². The summed E-state index contributed by atoms with van der Waals surface area (Å²) in [5, 5.41) is 0. The summed E-state index contributed by atoms with van der Waals surface area (Å²) in [5.74, 6) is 0.794. The third-order valence-electron chi connectivity index (χ3n) is 6.53. The molecule has 1 saturated heterocycles. The molecule has 2 bridgehead atoms. The highest BCUT2D eigenvalue weighted by Crippen LogP contribution is 2.56. The zero-order chi connectivity index (χ0) is 19.1. The Balaban J connectivity index is 1.91. The number of carbonyl (C=O) groups excluding carboxylic acids is 1. The largest absolute Gasteiger partial charge is 0.465 e. The Kier molecular flexibility index (Phi) is 5.16. The van der Waals surface area contributed by atoms with Crippen LogP contribution in [-0.2, 0) is 14.3 Å². The lowest BCUT2D eigenvalue weighted by Crippen LogP contribution is -2.54. The van der Waals surface area contributed by atoms with Crippen molar-refractivity contribution in [1.82, 2.24) is 0 Å². The predicted molar refractivity (Wildman–Crippen MR) is 104 cm³/mol. The molecule has 0 amide bonds. The van der Waals surface area contributed by atoms with Crippen LogP contribution in [0.4, 0.5) is 5.69 Å². The molecule has 0 spiro atoms. The standard InChI is InChI=1S/C22H31NO3/c1-14-11-15(2)22(12-25-17(4)24)13-26-21(20(14)16(22)3)18-7-9-19(10-8-18)23(5)6/h7-11,15-16,20-21H,12-13H2,1-6H3/t15-,16+,20+,21+,22+/m0/s1. The Bertz CT molecular complexity index is 694. The van der Waals surface area contributed by atoms with Gasteiger partial charge in [-0.3, -0.25) is 4.79 Å². The molecule has 26 heavy (non-hydrogen) atoms. The van der Waals surface area contributed by atoms with Gasteiger partial charge in [-0.2, -0.15) is 0 Å². The van der Waals surface area contributed by atoms with E-state index < -0.39 is 0 Å². The number of anilines is 1. The van der Waals surface area contributed by atoms with E-state index in [2.05, 4.69) is 56.0 Å². The van der Waals surface area contributed by atoms with Crippen LogP contribution in [0.25, 0.3) is 0 Å². The van der Waals surface area contributed by atoms with E-state index >= 15 is 0 Å². The van der Waals surface area contributed by atoms with E-state index in [0.717, 1.165) is 0 Å². The van der Waals surface area contributed by atoms with Crippen molar-refractivity contribution >= 4 is 11.7 Å². The monoisotopic (exact) mass is 357 g/mol. The topological polar surface area (TPSA) is 38.8 Å². The van der Waals surface area contributed by atoms with E-state index in [9.17, 15) is 4.79 Å². The van der Waals surface area contributed by atoms with Gasteiger partial charge < -0.3 is 14.4 Å². The summed E-state index contributed by atoms with van der Waals surface area (Å²) in [5.41, 5.74) is 3.64. The molecular weight excluding hydrogens is 326 g/mol. The van der Waals surface area contributed by atoms with E-state index in [0.29, 0.717) is 31.0 Å². The van der Waals surface area contributed by atoms with Crippen LogP contribution >= 0.6 is 0 Å². The molecule has 142 valence electrons. The molecule has 4 heteroatoms. The molecule has 0 unspecified atom stereocenters. The van der Waals surface area contributed by atoms with Gasteiger partial charge in [0.15, 0.2) is 0 Å². The Hall–Kier alpha value is -1.81. The van der Waals surface area contributed by atoms with Gasteiger partial charge in [-0.25, -0.2) is 0 Å². The first kappa shape index (κ1) is 19.0. The first-order chi connectivity index (χ1) is 12.3. The highest BCUT2D eigenvalue weighted by Gasteiger charge is 2.54. The smallest absolute Gasteiger partial charge is 0.302 e. The molecule has 0 N–H and O–H groups in total. The predicted octanol–water partition coefficient (Wildman–Crippen LogP) is 4.22. The number of hydrogen-bond acceptors (Lipinski definition) is 4. The SMILES string of the molecule is CC(=O)OC[C@@]12CO[C@H](c3ccc(N(C)C)cc3)[C@H](C(C)=C[C@@H]1C)[C@H]2C. The summed E-state index contributed by atoms with van der Waals surface area (Å²) in [7, 11) is 4.10. The molecule has 3 rings (SSSR count). The number of carbonyl (C=O) groups is 1. The van der Waals surface area contributed by atoms with Crippen molar-refractivity contribution in [3.8, 4) is 0 Å². The van der Waals surface area contributed by atoms with Crippen molar-refractivity contribution in [3.63, 3.8) is 0 Å². The molecule has 5 atom stereocenters. The number of allylic oxidation sites excluding steroid dienone is 1. The Morgan fingerprint density at radius 3 is 2.50 bits per heavy atom. The van der Waals surface area contributed by atoms with Crippen LogP contribution in [0.3, 0.4) is 0 Å². The fourth-order valence-corrected chi connectivity index (χ4v) is 4.76. The van der Waals surface area contributed by atoms with Crippen LogP contribution in [0.2, 0.25) is 0 Å². The van der Waals surface area contributed by atoms with Crippen LogP contribution in [0.15, 0.2) is 35.9 Å². The van der Waals surface area contributed by atoms with Gasteiger partial charge in [-0.15, -0.1) is 0 Å². The molecule has 1 aromatic rings. The summed E-state index contributed by atoms with van der Waals surface area (Å²) in [6.07, 6.45) is 2.41. The van der Waals surface area contributed by atoms with Gasteiger partial charge in [0, 0.05) is 38.0 Å². The van der Waals surface area contributed by atoms with Crippen LogP contribution in [-0.4, -0.2) is 33.3 Å². The zero-order valence-electron chi connectivity index (χ0n) is 16.8. The zero-order valence-corrected chi connectivity index (χ0v) is 16.8. The number of fused-ring (bicyclic) bond motifs is 2. The van der Waals surface area contributed by atoms with Crippen molar-refractivity contribution in [2.75, 3.05) is 32.2 Å². The third kappa shape index (κ3) is 3.16. The summed E-state index contributed by atoms with van der Waals surface area (Å²) in [6.45, 7) is 9.25. The average Bonchev–Trinajstić information content (AvgIpc) is 2.59. The van der Waals surface area contributed by atoms with Crippen LogP contribution in [0.5, 0.6) is 0 Å². The molecule has 2 aliphatic rings. The molecule has 0 saturated carbocycles. The lowest BCUT2D eigenvalue weighted by Gasteiger charge is -2.55. The second kappa shape index (κ2) is 7.07. The molecule has 0 radical (unpaired) electrons. The normalized spacial score (nSPS) is 33.4. The summed E-state index contributed by atoms with van der Waals surface area (Å²) >= 11 is 0. The van der Waals surface area contributed by atoms with Gasteiger partial charge in [0.25, 0.3) is 0 Å². The Morgan fingerprint density at radius 2 is 1.92 bits per heavy atom. The van der Waals surface area contributed by atoms with Crippen LogP contribution in [0, 0.1) is 23.2 Å². The molecule has 1 aliphatic carbocycles. The van der Waals surface area contributed by atoms with Gasteiger partial charge in [-0.1, -0.05) is 37.6 Å². The van der Waals surface area contributed by atoms with Crippen molar-refractivity contribution < 1.29 is 14.3 Å². The number of ether oxygens (including phenoxy) is 2. The fraction of sp³-hybridized carbons (Fsp3) is 0.591. The highest BCUT2D eigenvalue weighted by atomic mass is 16.5. The van der Waals surface area contributed by atoms with E-state index in [1.165, 1.54) is 23.7 Å². The van der Waals surface area contributed by atoms with Gasteiger partial charge in [0.2, 0.25) is 0 Å². The van der Waals surface area contributed by atoms with Gasteiger partial charge in [0.1, 0.15) is 0 Å². The molecule has 1 fully saturated rings. The maximum absolute atomic E-state index is 11.4. The summed E-state index contributed by atoms with van der Waals surface area (Å²) < 4.78 is 11.9. The minimum atomic E-state index is -0.219. The molecule has 1 aliphatic heterocycles. The number of rotatable bonds is 4. The van der Waals surface area contributed by atoms with E-state index in [4.69, 9.17) is 9.47 Å². The fourth-order valence-electron chi connectivity index (χ4n) is 4.76. The molecule has 0 aromatic heterocycles. The van der Waals surface area contributed by atoms with Crippen LogP contribution in [0.1, 0.15) is 39.4 Å². The van der Waals surface area contributed by atoms with Crippen molar-refractivity contribution in [1.29, 1.82) is 0 Å². The summed E-state index contributed by atoms with van der Waals surface area (Å²) in [4.78, 5) is 13.5. The average molecular weight is 357 g/mol. The number of hydrogen-bond donors (Lipinski definition) is 0. The molecule has 4 nitrogen and oxygen atoms in total. The maximum Gasteiger partial charge on any atom is 0.302 e. The Labute approximate surface area is 157 Å². The minimum Gasteiger partial charge on any atom is -0.465 e. The maximum atomic E-state index is 11.4. The quantitative estimate of drug-likeness (QED) is 0.597. The molecule has 1 aromatic carbocycles. The molecule has 1 heterocycles. The van der Waals surface area contributed by atoms with Crippen LogP contribution < -0.4 is 4.90 Å². The second-order valence-electron chi connectivity index (χ2n) is 8.24. The highest BCUT2D eigenvalue weighted by molar-refractivity contribution is 5.66. The number of esters is 1. The number of benzene rings is 1. The van der Waals surface area contributed by atoms with Crippen molar-refractivity contribution in [2.45, 2.75) is 33.8 Å². The first-order valence-corrected chi connectivity index (χ1v) is 9.47. The van der Waals surface area contributed by atoms with Gasteiger partial charge in [-0.05, 0) is 36.5 Å². The lowest BCUT2D eigenvalue weighted by molar-refractivity contribution is -0.180. The minimum absolute atomic E-state index is 0.0513.